The lowest BCUT2D eigenvalue weighted by molar-refractivity contribution is -0.136. The number of amides is 1. The summed E-state index contributed by atoms with van der Waals surface area (Å²) in [7, 11) is -2.89. The number of carbonyl (C=O) groups is 1. The molecule has 2 saturated heterocycles. The zero-order valence-corrected chi connectivity index (χ0v) is 11.9. The Balaban J connectivity index is 1.86. The molecule has 2 fully saturated rings. The lowest BCUT2D eigenvalue weighted by Crippen LogP contribution is -2.50. The summed E-state index contributed by atoms with van der Waals surface area (Å²) in [6.07, 6.45) is 1.91. The predicted molar refractivity (Wildman–Crippen MR) is 71.3 cm³/mol. The molecule has 1 atom stereocenters. The van der Waals surface area contributed by atoms with Gasteiger partial charge in [-0.2, -0.15) is 0 Å². The molecule has 0 aromatic carbocycles. The van der Waals surface area contributed by atoms with Crippen molar-refractivity contribution in [2.45, 2.75) is 19.3 Å². The molecule has 0 aliphatic carbocycles. The molecule has 7 heteroatoms. The Labute approximate surface area is 114 Å². The molecule has 2 aliphatic heterocycles. The first-order chi connectivity index (χ1) is 8.97. The van der Waals surface area contributed by atoms with E-state index in [0.717, 1.165) is 0 Å². The van der Waals surface area contributed by atoms with Crippen molar-refractivity contribution in [2.75, 3.05) is 37.8 Å². The van der Waals surface area contributed by atoms with Gasteiger partial charge in [0.05, 0.1) is 16.9 Å². The number of carbonyl (C=O) groups excluding carboxylic acids is 1. The van der Waals surface area contributed by atoms with Crippen LogP contribution in [0.1, 0.15) is 19.3 Å². The van der Waals surface area contributed by atoms with E-state index in [4.69, 9.17) is 10.5 Å². The van der Waals surface area contributed by atoms with Gasteiger partial charge in [-0.15, -0.1) is 0 Å². The third-order valence-corrected chi connectivity index (χ3v) is 6.04. The van der Waals surface area contributed by atoms with Crippen molar-refractivity contribution in [1.82, 2.24) is 5.32 Å². The smallest absolute Gasteiger partial charge is 0.227 e. The van der Waals surface area contributed by atoms with Gasteiger partial charge >= 0.3 is 0 Å². The molecule has 0 spiro atoms. The second-order valence-corrected chi connectivity index (χ2v) is 7.80. The van der Waals surface area contributed by atoms with Crippen molar-refractivity contribution in [1.29, 1.82) is 0 Å². The highest BCUT2D eigenvalue weighted by atomic mass is 32.2. The van der Waals surface area contributed by atoms with Gasteiger partial charge in [0.2, 0.25) is 5.91 Å². The van der Waals surface area contributed by atoms with Crippen LogP contribution < -0.4 is 11.1 Å². The second kappa shape index (κ2) is 5.76. The van der Waals surface area contributed by atoms with Crippen LogP contribution in [0.4, 0.5) is 0 Å². The Morgan fingerprint density at radius 1 is 1.37 bits per heavy atom. The summed E-state index contributed by atoms with van der Waals surface area (Å²) in [5.74, 6) is 0.418. The summed E-state index contributed by atoms with van der Waals surface area (Å²) in [4.78, 5) is 12.3. The number of rotatable bonds is 4. The monoisotopic (exact) mass is 290 g/mol. The van der Waals surface area contributed by atoms with E-state index in [0.29, 0.717) is 45.6 Å². The number of nitrogens with one attached hydrogen (secondary N) is 1. The van der Waals surface area contributed by atoms with Gasteiger partial charge in [-0.1, -0.05) is 0 Å². The van der Waals surface area contributed by atoms with Crippen molar-refractivity contribution >= 4 is 15.7 Å². The molecule has 6 nitrogen and oxygen atoms in total. The molecule has 1 amide bonds. The fraction of sp³-hybridized carbons (Fsp3) is 0.917. The number of ether oxygens (including phenoxy) is 1. The van der Waals surface area contributed by atoms with Crippen LogP contribution in [-0.2, 0) is 19.4 Å². The summed E-state index contributed by atoms with van der Waals surface area (Å²) in [5.41, 5.74) is 5.22. The normalized spacial score (nSPS) is 29.0. The Hall–Kier alpha value is -0.660. The van der Waals surface area contributed by atoms with Gasteiger partial charge in [0, 0.05) is 26.3 Å². The quantitative estimate of drug-likeness (QED) is 0.713. The van der Waals surface area contributed by atoms with E-state index in [-0.39, 0.29) is 23.3 Å². The maximum Gasteiger partial charge on any atom is 0.227 e. The number of sulfone groups is 1. The van der Waals surface area contributed by atoms with Crippen molar-refractivity contribution in [2.24, 2.45) is 17.1 Å². The standard InChI is InChI=1S/C12H22N2O4S/c13-9-12(2-4-18-5-3-12)11(15)14-7-10-1-6-19(16,17)8-10/h10H,1-9,13H2,(H,14,15). The summed E-state index contributed by atoms with van der Waals surface area (Å²) < 4.78 is 28.0. The van der Waals surface area contributed by atoms with Crippen LogP contribution >= 0.6 is 0 Å². The van der Waals surface area contributed by atoms with Crippen LogP contribution in [0.5, 0.6) is 0 Å². The molecule has 0 saturated carbocycles. The summed E-state index contributed by atoms with van der Waals surface area (Å²) >= 11 is 0. The SMILES string of the molecule is NCC1(C(=O)NCC2CCS(=O)(=O)C2)CCOCC1. The lowest BCUT2D eigenvalue weighted by Gasteiger charge is -2.34. The van der Waals surface area contributed by atoms with Crippen LogP contribution in [0.2, 0.25) is 0 Å². The van der Waals surface area contributed by atoms with Crippen LogP contribution in [0, 0.1) is 11.3 Å². The van der Waals surface area contributed by atoms with E-state index in [1.165, 1.54) is 0 Å². The molecule has 19 heavy (non-hydrogen) atoms. The van der Waals surface area contributed by atoms with Gasteiger partial charge in [0.1, 0.15) is 0 Å². The van der Waals surface area contributed by atoms with Gasteiger partial charge in [-0.25, -0.2) is 8.42 Å². The van der Waals surface area contributed by atoms with Gasteiger partial charge in [-0.05, 0) is 25.2 Å². The second-order valence-electron chi connectivity index (χ2n) is 5.58. The van der Waals surface area contributed by atoms with Gasteiger partial charge in [0.15, 0.2) is 9.84 Å². The van der Waals surface area contributed by atoms with E-state index in [9.17, 15) is 13.2 Å². The maximum absolute atomic E-state index is 12.3. The van der Waals surface area contributed by atoms with Crippen molar-refractivity contribution in [3.8, 4) is 0 Å². The molecule has 2 heterocycles. The van der Waals surface area contributed by atoms with Crippen molar-refractivity contribution < 1.29 is 17.9 Å². The van der Waals surface area contributed by atoms with E-state index in [1.807, 2.05) is 0 Å². The third kappa shape index (κ3) is 3.46. The zero-order valence-electron chi connectivity index (χ0n) is 11.1. The first-order valence-electron chi connectivity index (χ1n) is 6.74. The van der Waals surface area contributed by atoms with E-state index < -0.39 is 15.3 Å². The molecule has 110 valence electrons. The van der Waals surface area contributed by atoms with Crippen LogP contribution in [0.15, 0.2) is 0 Å². The van der Waals surface area contributed by atoms with E-state index >= 15 is 0 Å². The number of hydrogen-bond donors (Lipinski definition) is 2. The Kier molecular flexibility index (Phi) is 4.47. The Morgan fingerprint density at radius 3 is 2.58 bits per heavy atom. The summed E-state index contributed by atoms with van der Waals surface area (Å²) in [6, 6.07) is 0. The molecule has 3 N–H and O–H groups in total. The molecule has 1 unspecified atom stereocenters. The number of nitrogens with two attached hydrogens (primary N) is 1. The van der Waals surface area contributed by atoms with E-state index in [1.54, 1.807) is 0 Å². The van der Waals surface area contributed by atoms with Crippen LogP contribution in [-0.4, -0.2) is 52.1 Å². The maximum atomic E-state index is 12.3. The molecular formula is C12H22N2O4S. The lowest BCUT2D eigenvalue weighted by atomic mass is 9.79. The van der Waals surface area contributed by atoms with Gasteiger partial charge in [0.25, 0.3) is 0 Å². The Morgan fingerprint density at radius 2 is 2.05 bits per heavy atom. The topological polar surface area (TPSA) is 98.5 Å². The predicted octanol–water partition coefficient (Wildman–Crippen LogP) is -0.707. The van der Waals surface area contributed by atoms with Gasteiger partial charge in [-0.3, -0.25) is 4.79 Å². The molecule has 2 aliphatic rings. The minimum absolute atomic E-state index is 0.0450. The van der Waals surface area contributed by atoms with Crippen molar-refractivity contribution in [3.63, 3.8) is 0 Å². The average molecular weight is 290 g/mol. The highest BCUT2D eigenvalue weighted by molar-refractivity contribution is 7.91. The minimum atomic E-state index is -2.89. The number of hydrogen-bond acceptors (Lipinski definition) is 5. The molecular weight excluding hydrogens is 268 g/mol. The zero-order chi connectivity index (χ0) is 13.9. The fourth-order valence-corrected chi connectivity index (χ4v) is 4.61. The molecule has 0 aromatic rings. The van der Waals surface area contributed by atoms with Crippen LogP contribution in [0.3, 0.4) is 0 Å². The highest BCUT2D eigenvalue weighted by Crippen LogP contribution is 2.29. The van der Waals surface area contributed by atoms with Gasteiger partial charge < -0.3 is 15.8 Å². The summed E-state index contributed by atoms with van der Waals surface area (Å²) in [5, 5.41) is 2.88. The fourth-order valence-electron chi connectivity index (χ4n) is 2.74. The molecule has 0 radical (unpaired) electrons. The first kappa shape index (κ1) is 14.7. The van der Waals surface area contributed by atoms with Crippen molar-refractivity contribution in [3.05, 3.63) is 0 Å². The first-order valence-corrected chi connectivity index (χ1v) is 8.56. The van der Waals surface area contributed by atoms with Crippen LogP contribution in [0.25, 0.3) is 0 Å². The molecule has 2 rings (SSSR count). The minimum Gasteiger partial charge on any atom is -0.381 e. The molecule has 0 bridgehead atoms. The summed E-state index contributed by atoms with van der Waals surface area (Å²) in [6.45, 7) is 1.86. The van der Waals surface area contributed by atoms with E-state index in [2.05, 4.69) is 5.32 Å². The Bertz CT molecular complexity index is 429. The average Bonchev–Trinajstić information content (AvgIpc) is 2.76. The molecule has 0 aromatic heterocycles. The third-order valence-electron chi connectivity index (χ3n) is 4.20. The largest absolute Gasteiger partial charge is 0.381 e. The highest BCUT2D eigenvalue weighted by Gasteiger charge is 2.39.